The van der Waals surface area contributed by atoms with Crippen LogP contribution in [-0.4, -0.2) is 29.4 Å². The Kier molecular flexibility index (Phi) is 5.29. The van der Waals surface area contributed by atoms with Crippen LogP contribution >= 0.6 is 0 Å². The molecule has 1 saturated heterocycles. The third-order valence-corrected chi connectivity index (χ3v) is 4.79. The van der Waals surface area contributed by atoms with E-state index in [0.29, 0.717) is 12.1 Å². The first-order valence-electron chi connectivity index (χ1n) is 8.44. The van der Waals surface area contributed by atoms with Crippen molar-refractivity contribution in [3.63, 3.8) is 0 Å². The van der Waals surface area contributed by atoms with E-state index in [1.807, 2.05) is 0 Å². The maximum absolute atomic E-state index is 5.04. The highest BCUT2D eigenvalue weighted by molar-refractivity contribution is 5.86. The molecule has 0 amide bonds. The zero-order valence-electron chi connectivity index (χ0n) is 13.4. The predicted molar refractivity (Wildman–Crippen MR) is 83.7 cm³/mol. The van der Waals surface area contributed by atoms with E-state index < -0.39 is 0 Å². The van der Waals surface area contributed by atoms with Crippen LogP contribution in [0.1, 0.15) is 72.6 Å². The largest absolute Gasteiger partial charge is 0.358 e. The van der Waals surface area contributed by atoms with Gasteiger partial charge in [-0.1, -0.05) is 25.7 Å². The second-order valence-corrected chi connectivity index (χ2v) is 7.02. The molecule has 1 aliphatic heterocycles. The molecule has 0 N–H and O–H groups in total. The quantitative estimate of drug-likeness (QED) is 0.717. The molecule has 1 heterocycles. The van der Waals surface area contributed by atoms with Gasteiger partial charge in [0.2, 0.25) is 0 Å². The van der Waals surface area contributed by atoms with Crippen molar-refractivity contribution in [1.82, 2.24) is 4.90 Å². The normalized spacial score (nSPS) is 31.5. The van der Waals surface area contributed by atoms with Gasteiger partial charge in [-0.05, 0) is 52.9 Å². The van der Waals surface area contributed by atoms with Crippen LogP contribution in [0.25, 0.3) is 0 Å². The summed E-state index contributed by atoms with van der Waals surface area (Å²) in [5.41, 5.74) is 0. The minimum absolute atomic E-state index is 0.431. The van der Waals surface area contributed by atoms with E-state index in [0.717, 1.165) is 11.8 Å². The fourth-order valence-corrected chi connectivity index (χ4v) is 3.84. The molecule has 0 radical (unpaired) electrons. The molecule has 110 valence electrons. The van der Waals surface area contributed by atoms with Gasteiger partial charge in [-0.15, -0.1) is 0 Å². The van der Waals surface area contributed by atoms with Crippen LogP contribution in [0.4, 0.5) is 0 Å². The fraction of sp³-hybridized carbons (Fsp3) is 0.941. The van der Waals surface area contributed by atoms with Crippen molar-refractivity contribution >= 4 is 5.84 Å². The Morgan fingerprint density at radius 2 is 1.63 bits per heavy atom. The van der Waals surface area contributed by atoms with Crippen molar-refractivity contribution in [3.8, 4) is 0 Å². The lowest BCUT2D eigenvalue weighted by molar-refractivity contribution is 0.196. The monoisotopic (exact) mass is 264 g/mol. The molecular weight excluding hydrogens is 232 g/mol. The van der Waals surface area contributed by atoms with Gasteiger partial charge in [0.15, 0.2) is 0 Å². The van der Waals surface area contributed by atoms with E-state index in [1.165, 1.54) is 57.3 Å². The van der Waals surface area contributed by atoms with Gasteiger partial charge in [0.05, 0.1) is 0 Å². The molecular formula is C17H32N2. The molecule has 0 aromatic heterocycles. The topological polar surface area (TPSA) is 15.6 Å². The molecule has 2 aliphatic rings. The summed E-state index contributed by atoms with van der Waals surface area (Å²) in [6.45, 7) is 10.3. The van der Waals surface area contributed by atoms with Crippen molar-refractivity contribution in [2.24, 2.45) is 16.8 Å². The first-order chi connectivity index (χ1) is 9.09. The highest BCUT2D eigenvalue weighted by Crippen LogP contribution is 2.36. The van der Waals surface area contributed by atoms with E-state index in [4.69, 9.17) is 4.99 Å². The molecule has 1 aliphatic carbocycles. The molecule has 0 spiro atoms. The van der Waals surface area contributed by atoms with E-state index in [1.54, 1.807) is 0 Å². The molecule has 2 unspecified atom stereocenters. The number of piperidine rings is 1. The molecule has 0 aromatic carbocycles. The third-order valence-electron chi connectivity index (χ3n) is 4.79. The molecule has 2 atom stereocenters. The predicted octanol–water partition coefficient (Wildman–Crippen LogP) is 4.49. The Morgan fingerprint density at radius 1 is 0.947 bits per heavy atom. The molecule has 0 bridgehead atoms. The van der Waals surface area contributed by atoms with Crippen molar-refractivity contribution in [1.29, 1.82) is 0 Å². The maximum atomic E-state index is 5.04. The van der Waals surface area contributed by atoms with Gasteiger partial charge in [0.25, 0.3) is 0 Å². The van der Waals surface area contributed by atoms with Crippen LogP contribution < -0.4 is 0 Å². The first kappa shape index (κ1) is 14.9. The first-order valence-corrected chi connectivity index (χ1v) is 8.44. The summed E-state index contributed by atoms with van der Waals surface area (Å²) in [6, 6.07) is 1.03. The number of rotatable bonds is 2. The Morgan fingerprint density at radius 3 is 2.26 bits per heavy atom. The minimum Gasteiger partial charge on any atom is -0.358 e. The van der Waals surface area contributed by atoms with Crippen LogP contribution in [0, 0.1) is 11.8 Å². The summed E-state index contributed by atoms with van der Waals surface area (Å²) in [4.78, 5) is 7.62. The molecule has 2 heteroatoms. The summed E-state index contributed by atoms with van der Waals surface area (Å²) in [5.74, 6) is 3.11. The standard InChI is InChI=1S/C17H32N2/c1-13(2)18-17-16-10-8-6-5-7-9-15(16)11-12-19(17)14(3)4/h13-16H,5-12H2,1-4H3/b18-17+. The Bertz CT molecular complexity index is 306. The van der Waals surface area contributed by atoms with Crippen LogP contribution in [0.3, 0.4) is 0 Å². The summed E-state index contributed by atoms with van der Waals surface area (Å²) in [6.07, 6.45) is 9.93. The summed E-state index contributed by atoms with van der Waals surface area (Å²) < 4.78 is 0. The fourth-order valence-electron chi connectivity index (χ4n) is 3.84. The molecule has 0 aromatic rings. The van der Waals surface area contributed by atoms with Gasteiger partial charge in [0.1, 0.15) is 5.84 Å². The Balaban J connectivity index is 2.21. The number of amidine groups is 1. The van der Waals surface area contributed by atoms with Crippen LogP contribution in [-0.2, 0) is 0 Å². The van der Waals surface area contributed by atoms with Crippen LogP contribution in [0.2, 0.25) is 0 Å². The minimum atomic E-state index is 0.431. The van der Waals surface area contributed by atoms with Crippen LogP contribution in [0.5, 0.6) is 0 Å². The lowest BCUT2D eigenvalue weighted by Crippen LogP contribution is -2.49. The van der Waals surface area contributed by atoms with Gasteiger partial charge < -0.3 is 4.90 Å². The van der Waals surface area contributed by atoms with E-state index in [9.17, 15) is 0 Å². The number of nitrogens with zero attached hydrogens (tertiary/aromatic N) is 2. The zero-order chi connectivity index (χ0) is 13.8. The Hall–Kier alpha value is -0.530. The van der Waals surface area contributed by atoms with Crippen LogP contribution in [0.15, 0.2) is 4.99 Å². The van der Waals surface area contributed by atoms with E-state index >= 15 is 0 Å². The van der Waals surface area contributed by atoms with Crippen molar-refractivity contribution in [3.05, 3.63) is 0 Å². The van der Waals surface area contributed by atoms with E-state index in [-0.39, 0.29) is 0 Å². The van der Waals surface area contributed by atoms with Gasteiger partial charge in [-0.25, -0.2) is 0 Å². The number of aliphatic imine (C=N–C) groups is 1. The van der Waals surface area contributed by atoms with Gasteiger partial charge >= 0.3 is 0 Å². The number of likely N-dealkylation sites (tertiary alicyclic amines) is 1. The maximum Gasteiger partial charge on any atom is 0.103 e. The summed E-state index contributed by atoms with van der Waals surface area (Å²) in [7, 11) is 0. The van der Waals surface area contributed by atoms with Gasteiger partial charge in [-0.2, -0.15) is 0 Å². The molecule has 19 heavy (non-hydrogen) atoms. The SMILES string of the molecule is CC(C)/N=C1\C2CCCCCCC2CCN1C(C)C. The second kappa shape index (κ2) is 6.76. The number of fused-ring (bicyclic) bond motifs is 1. The van der Waals surface area contributed by atoms with Gasteiger partial charge in [0, 0.05) is 24.5 Å². The molecule has 1 saturated carbocycles. The number of hydrogen-bond acceptors (Lipinski definition) is 1. The second-order valence-electron chi connectivity index (χ2n) is 7.02. The number of hydrogen-bond donors (Lipinski definition) is 0. The summed E-state index contributed by atoms with van der Waals surface area (Å²) >= 11 is 0. The summed E-state index contributed by atoms with van der Waals surface area (Å²) in [5, 5.41) is 0. The van der Waals surface area contributed by atoms with Crippen molar-refractivity contribution in [2.45, 2.75) is 84.7 Å². The van der Waals surface area contributed by atoms with Gasteiger partial charge in [-0.3, -0.25) is 4.99 Å². The van der Waals surface area contributed by atoms with Crippen molar-refractivity contribution < 1.29 is 0 Å². The highest BCUT2D eigenvalue weighted by Gasteiger charge is 2.35. The zero-order valence-corrected chi connectivity index (χ0v) is 13.4. The van der Waals surface area contributed by atoms with Crippen molar-refractivity contribution in [2.75, 3.05) is 6.54 Å². The lowest BCUT2D eigenvalue weighted by atomic mass is 9.76. The smallest absolute Gasteiger partial charge is 0.103 e. The third kappa shape index (κ3) is 3.73. The molecule has 2 rings (SSSR count). The van der Waals surface area contributed by atoms with E-state index in [2.05, 4.69) is 32.6 Å². The Labute approximate surface area is 119 Å². The highest BCUT2D eigenvalue weighted by atomic mass is 15.2. The molecule has 2 fully saturated rings. The molecule has 2 nitrogen and oxygen atoms in total. The average molecular weight is 264 g/mol. The lowest BCUT2D eigenvalue weighted by Gasteiger charge is -2.44. The average Bonchev–Trinajstić information content (AvgIpc) is 2.29.